The quantitative estimate of drug-likeness (QED) is 0.194. The zero-order chi connectivity index (χ0) is 15.0. The number of rotatable bonds is 10. The Morgan fingerprint density at radius 1 is 1.35 bits per heavy atom. The van der Waals surface area contributed by atoms with Gasteiger partial charge in [-0.15, -0.1) is 0 Å². The Kier molecular flexibility index (Phi) is 6.68. The maximum atomic E-state index is 11.4. The van der Waals surface area contributed by atoms with E-state index in [4.69, 9.17) is 19.3 Å². The summed E-state index contributed by atoms with van der Waals surface area (Å²) in [4.78, 5) is 32.4. The fourth-order valence-corrected chi connectivity index (χ4v) is 1.19. The van der Waals surface area contributed by atoms with E-state index in [-0.39, 0.29) is 32.2 Å². The minimum atomic E-state index is -1.08. The molecule has 0 radical (unpaired) electrons. The van der Waals surface area contributed by atoms with Crippen LogP contribution in [0, 0.1) is 0 Å². The third-order valence-electron chi connectivity index (χ3n) is 2.23. The van der Waals surface area contributed by atoms with Gasteiger partial charge in [0, 0.05) is 6.08 Å². The second-order valence-corrected chi connectivity index (χ2v) is 3.87. The van der Waals surface area contributed by atoms with Crippen molar-refractivity contribution in [2.45, 2.75) is 25.2 Å². The van der Waals surface area contributed by atoms with Gasteiger partial charge in [0.25, 0.3) is 0 Å². The average molecular weight is 288 g/mol. The largest absolute Gasteiger partial charge is 0.481 e. The smallest absolute Gasteiger partial charge is 0.330 e. The second-order valence-electron chi connectivity index (χ2n) is 3.87. The number of esters is 2. The highest BCUT2D eigenvalue weighted by Crippen LogP contribution is 2.19. The van der Waals surface area contributed by atoms with Gasteiger partial charge in [-0.05, 0) is 0 Å². The summed E-state index contributed by atoms with van der Waals surface area (Å²) in [5.74, 6) is -2.35. The molecule has 1 saturated heterocycles. The van der Waals surface area contributed by atoms with Crippen LogP contribution in [0.5, 0.6) is 0 Å². The lowest BCUT2D eigenvalue weighted by atomic mass is 10.3. The first-order chi connectivity index (χ1) is 9.52. The number of ether oxygens (including phenoxy) is 4. The summed E-state index contributed by atoms with van der Waals surface area (Å²) in [6.45, 7) is 3.64. The van der Waals surface area contributed by atoms with Crippen LogP contribution < -0.4 is 0 Å². The number of epoxide rings is 1. The van der Waals surface area contributed by atoms with Crippen LogP contribution in [0.15, 0.2) is 12.7 Å². The first-order valence-electron chi connectivity index (χ1n) is 5.96. The zero-order valence-electron chi connectivity index (χ0n) is 10.8. The third kappa shape index (κ3) is 6.86. The normalized spacial score (nSPS) is 17.9. The molecule has 1 aliphatic rings. The van der Waals surface area contributed by atoms with Crippen LogP contribution >= 0.6 is 0 Å². The van der Waals surface area contributed by atoms with Crippen molar-refractivity contribution in [1.29, 1.82) is 0 Å². The fourth-order valence-electron chi connectivity index (χ4n) is 1.19. The van der Waals surface area contributed by atoms with Crippen LogP contribution in [0.3, 0.4) is 0 Å². The zero-order valence-corrected chi connectivity index (χ0v) is 10.8. The molecule has 20 heavy (non-hydrogen) atoms. The second kappa shape index (κ2) is 8.28. The maximum absolute atomic E-state index is 11.4. The molecule has 0 bridgehead atoms. The van der Waals surface area contributed by atoms with Gasteiger partial charge < -0.3 is 24.1 Å². The van der Waals surface area contributed by atoms with E-state index in [1.54, 1.807) is 0 Å². The van der Waals surface area contributed by atoms with E-state index in [2.05, 4.69) is 11.3 Å². The predicted molar refractivity (Wildman–Crippen MR) is 63.6 cm³/mol. The van der Waals surface area contributed by atoms with Crippen LogP contribution in [0.1, 0.15) is 12.8 Å². The van der Waals surface area contributed by atoms with Crippen LogP contribution in [-0.4, -0.2) is 55.2 Å². The number of aliphatic carboxylic acids is 1. The molecule has 0 aromatic carbocycles. The molecule has 0 saturated carbocycles. The summed E-state index contributed by atoms with van der Waals surface area (Å²) in [6.07, 6.45) is -0.813. The summed E-state index contributed by atoms with van der Waals surface area (Å²) >= 11 is 0. The Morgan fingerprint density at radius 2 is 2.05 bits per heavy atom. The lowest BCUT2D eigenvalue weighted by Crippen LogP contribution is -2.28. The van der Waals surface area contributed by atoms with Crippen LogP contribution in [0.4, 0.5) is 0 Å². The topological polar surface area (TPSA) is 112 Å². The van der Waals surface area contributed by atoms with Crippen molar-refractivity contribution in [3.63, 3.8) is 0 Å². The minimum Gasteiger partial charge on any atom is -0.481 e. The summed E-state index contributed by atoms with van der Waals surface area (Å²) in [5, 5.41) is 8.45. The van der Waals surface area contributed by atoms with Gasteiger partial charge in [0.05, 0.1) is 26.1 Å². The average Bonchev–Trinajstić information content (AvgIpc) is 3.23. The van der Waals surface area contributed by atoms with Crippen molar-refractivity contribution in [3.8, 4) is 0 Å². The maximum Gasteiger partial charge on any atom is 0.330 e. The van der Waals surface area contributed by atoms with E-state index in [1.165, 1.54) is 0 Å². The van der Waals surface area contributed by atoms with Gasteiger partial charge in [-0.2, -0.15) is 0 Å². The Hall–Kier alpha value is -1.93. The Balaban J connectivity index is 2.23. The van der Waals surface area contributed by atoms with Gasteiger partial charge in [-0.25, -0.2) is 4.79 Å². The Bertz CT molecular complexity index is 374. The molecule has 8 heteroatoms. The number of carbonyl (C=O) groups excluding carboxylic acids is 2. The highest BCUT2D eigenvalue weighted by atomic mass is 16.7. The molecule has 0 aromatic heterocycles. The molecule has 1 fully saturated rings. The van der Waals surface area contributed by atoms with E-state index in [9.17, 15) is 14.4 Å². The molecule has 0 aromatic rings. The molecule has 0 aliphatic carbocycles. The van der Waals surface area contributed by atoms with Crippen molar-refractivity contribution >= 4 is 17.9 Å². The molecule has 2 atom stereocenters. The van der Waals surface area contributed by atoms with Crippen LogP contribution in [0.25, 0.3) is 0 Å². The molecule has 0 spiro atoms. The summed E-state index contributed by atoms with van der Waals surface area (Å²) in [5.41, 5.74) is 0. The monoisotopic (exact) mass is 288 g/mol. The lowest BCUT2D eigenvalue weighted by molar-refractivity contribution is -0.187. The van der Waals surface area contributed by atoms with E-state index in [0.29, 0.717) is 6.61 Å². The summed E-state index contributed by atoms with van der Waals surface area (Å²) in [6, 6.07) is 0. The minimum absolute atomic E-state index is 0.0131. The fraction of sp³-hybridized carbons (Fsp3) is 0.583. The number of hydrogen-bond acceptors (Lipinski definition) is 7. The highest BCUT2D eigenvalue weighted by Gasteiger charge is 2.36. The van der Waals surface area contributed by atoms with Crippen molar-refractivity contribution in [1.82, 2.24) is 0 Å². The van der Waals surface area contributed by atoms with E-state index >= 15 is 0 Å². The summed E-state index contributed by atoms with van der Waals surface area (Å²) in [7, 11) is 0. The van der Waals surface area contributed by atoms with Gasteiger partial charge in [0.15, 0.2) is 0 Å². The van der Waals surface area contributed by atoms with Crippen molar-refractivity contribution in [2.75, 3.05) is 19.8 Å². The van der Waals surface area contributed by atoms with Gasteiger partial charge in [-0.1, -0.05) is 6.58 Å². The van der Waals surface area contributed by atoms with Crippen LogP contribution in [0.2, 0.25) is 0 Å². The molecule has 1 aliphatic heterocycles. The first kappa shape index (κ1) is 16.1. The molecule has 0 amide bonds. The number of carbonyl (C=O) groups is 3. The number of carboxylic acid groups (broad SMARTS) is 1. The Morgan fingerprint density at radius 3 is 2.60 bits per heavy atom. The van der Waals surface area contributed by atoms with Gasteiger partial charge in [0.2, 0.25) is 6.29 Å². The van der Waals surface area contributed by atoms with Gasteiger partial charge in [-0.3, -0.25) is 9.59 Å². The molecular weight excluding hydrogens is 272 g/mol. The number of hydrogen-bond donors (Lipinski definition) is 1. The lowest BCUT2D eigenvalue weighted by Gasteiger charge is -2.16. The number of carboxylic acids is 1. The van der Waals surface area contributed by atoms with Crippen molar-refractivity contribution in [2.24, 2.45) is 0 Å². The van der Waals surface area contributed by atoms with E-state index in [1.807, 2.05) is 0 Å². The van der Waals surface area contributed by atoms with E-state index < -0.39 is 24.2 Å². The molecule has 8 nitrogen and oxygen atoms in total. The molecular formula is C12H16O8. The SMILES string of the molecule is C=CC(=O)OCCOC(OC(=O)CCC(=O)O)C1CO1. The van der Waals surface area contributed by atoms with Crippen molar-refractivity contribution in [3.05, 3.63) is 12.7 Å². The van der Waals surface area contributed by atoms with Gasteiger partial charge in [0.1, 0.15) is 12.7 Å². The van der Waals surface area contributed by atoms with E-state index in [0.717, 1.165) is 6.08 Å². The van der Waals surface area contributed by atoms with Gasteiger partial charge >= 0.3 is 17.9 Å². The summed E-state index contributed by atoms with van der Waals surface area (Å²) < 4.78 is 19.8. The standard InChI is InChI=1S/C12H16O8/c1-2-10(15)17-5-6-18-12(8-7-19-8)20-11(16)4-3-9(13)14/h2,8,12H,1,3-7H2,(H,13,14). The molecule has 2 unspecified atom stereocenters. The molecule has 112 valence electrons. The molecule has 1 N–H and O–H groups in total. The predicted octanol–water partition coefficient (Wildman–Crippen LogP) is -0.135. The third-order valence-corrected chi connectivity index (χ3v) is 2.23. The first-order valence-corrected chi connectivity index (χ1v) is 5.96. The highest BCUT2D eigenvalue weighted by molar-refractivity contribution is 5.81. The van der Waals surface area contributed by atoms with Crippen LogP contribution in [-0.2, 0) is 33.3 Å². The van der Waals surface area contributed by atoms with Crippen molar-refractivity contribution < 1.29 is 38.4 Å². The molecule has 1 rings (SSSR count). The molecule has 1 heterocycles. The Labute approximate surface area is 115 Å².